The monoisotopic (exact) mass is 397 g/mol. The molecule has 1 saturated heterocycles. The first-order valence-corrected chi connectivity index (χ1v) is 10.5. The molecule has 1 aliphatic heterocycles. The van der Waals surface area contributed by atoms with Crippen LogP contribution in [0.5, 0.6) is 0 Å². The molecule has 0 saturated carbocycles. The summed E-state index contributed by atoms with van der Waals surface area (Å²) in [6.07, 6.45) is 1.78. The van der Waals surface area contributed by atoms with Crippen molar-refractivity contribution >= 4 is 17.0 Å². The molecule has 2 aromatic carbocycles. The van der Waals surface area contributed by atoms with Crippen molar-refractivity contribution in [3.05, 3.63) is 82.1 Å². The Morgan fingerprint density at radius 3 is 2.54 bits per heavy atom. The second-order valence-corrected chi connectivity index (χ2v) is 7.94. The van der Waals surface area contributed by atoms with Crippen LogP contribution in [0.1, 0.15) is 22.2 Å². The molecule has 1 atom stereocenters. The highest BCUT2D eigenvalue weighted by Gasteiger charge is 2.26. The highest BCUT2D eigenvalue weighted by atomic mass is 32.1. The van der Waals surface area contributed by atoms with E-state index >= 15 is 0 Å². The molecule has 2 heterocycles. The molecule has 1 aliphatic rings. The average Bonchev–Trinajstić information content (AvgIpc) is 3.28. The number of para-hydroxylation sites is 1. The summed E-state index contributed by atoms with van der Waals surface area (Å²) >= 11 is 1.38. The quantitative estimate of drug-likeness (QED) is 0.688. The van der Waals surface area contributed by atoms with Gasteiger partial charge >= 0.3 is 0 Å². The summed E-state index contributed by atoms with van der Waals surface area (Å²) in [6, 6.07) is 15.4. The number of nitrogens with zero attached hydrogens (tertiary/aromatic N) is 3. The first kappa shape index (κ1) is 19.1. The first-order chi connectivity index (χ1) is 13.7. The maximum atomic E-state index is 14.7. The summed E-state index contributed by atoms with van der Waals surface area (Å²) in [5.41, 5.74) is 2.44. The van der Waals surface area contributed by atoms with Crippen molar-refractivity contribution in [2.75, 3.05) is 37.6 Å². The maximum absolute atomic E-state index is 14.7. The van der Waals surface area contributed by atoms with Gasteiger partial charge in [-0.15, -0.1) is 11.3 Å². The number of halogens is 1. The minimum absolute atomic E-state index is 0.286. The fourth-order valence-electron chi connectivity index (χ4n) is 3.72. The van der Waals surface area contributed by atoms with Crippen molar-refractivity contribution in [2.45, 2.75) is 12.5 Å². The number of aromatic nitrogens is 1. The van der Waals surface area contributed by atoms with Crippen LogP contribution in [0, 0.1) is 5.82 Å². The van der Waals surface area contributed by atoms with Gasteiger partial charge in [-0.3, -0.25) is 4.90 Å². The molecular formula is C22H24FN3OS. The normalized spacial score (nSPS) is 16.3. The third-order valence-corrected chi connectivity index (χ3v) is 6.07. The van der Waals surface area contributed by atoms with Crippen LogP contribution in [0.2, 0.25) is 0 Å². The third-order valence-electron chi connectivity index (χ3n) is 5.25. The molecule has 1 N–H and O–H groups in total. The number of anilines is 1. The fourth-order valence-corrected chi connectivity index (χ4v) is 4.35. The molecule has 6 heteroatoms. The Morgan fingerprint density at radius 1 is 1.04 bits per heavy atom. The van der Waals surface area contributed by atoms with Crippen molar-refractivity contribution in [2.24, 2.45) is 0 Å². The van der Waals surface area contributed by atoms with Crippen LogP contribution in [0.4, 0.5) is 10.1 Å². The molecule has 0 radical (unpaired) electrons. The molecule has 0 bridgehead atoms. The number of thiazole rings is 1. The van der Waals surface area contributed by atoms with Gasteiger partial charge in [0, 0.05) is 49.9 Å². The summed E-state index contributed by atoms with van der Waals surface area (Å²) in [4.78, 5) is 8.67. The zero-order chi connectivity index (χ0) is 19.3. The highest BCUT2D eigenvalue weighted by molar-refractivity contribution is 7.09. The fraction of sp³-hybridized carbons (Fsp3) is 0.318. The van der Waals surface area contributed by atoms with E-state index < -0.39 is 6.10 Å². The second-order valence-electron chi connectivity index (χ2n) is 7.01. The van der Waals surface area contributed by atoms with Gasteiger partial charge in [0.25, 0.3) is 0 Å². The molecule has 0 aliphatic carbocycles. The van der Waals surface area contributed by atoms with Crippen molar-refractivity contribution < 1.29 is 9.50 Å². The van der Waals surface area contributed by atoms with Crippen molar-refractivity contribution in [3.63, 3.8) is 0 Å². The summed E-state index contributed by atoms with van der Waals surface area (Å²) in [7, 11) is 0. The Bertz CT molecular complexity index is 880. The van der Waals surface area contributed by atoms with Gasteiger partial charge in [-0.05, 0) is 18.1 Å². The van der Waals surface area contributed by atoms with Crippen LogP contribution >= 0.6 is 11.3 Å². The average molecular weight is 398 g/mol. The van der Waals surface area contributed by atoms with Gasteiger partial charge in [-0.25, -0.2) is 9.37 Å². The van der Waals surface area contributed by atoms with Crippen LogP contribution in [-0.4, -0.2) is 47.7 Å². The number of benzene rings is 2. The van der Waals surface area contributed by atoms with E-state index in [0.717, 1.165) is 39.1 Å². The van der Waals surface area contributed by atoms with E-state index in [1.54, 1.807) is 18.3 Å². The van der Waals surface area contributed by atoms with E-state index in [1.807, 2.05) is 11.4 Å². The lowest BCUT2D eigenvalue weighted by Crippen LogP contribution is -2.47. The zero-order valence-corrected chi connectivity index (χ0v) is 16.5. The molecule has 4 nitrogen and oxygen atoms in total. The van der Waals surface area contributed by atoms with E-state index in [2.05, 4.69) is 39.0 Å². The van der Waals surface area contributed by atoms with E-state index in [9.17, 15) is 9.50 Å². The van der Waals surface area contributed by atoms with Gasteiger partial charge in [0.2, 0.25) is 0 Å². The molecule has 0 amide bonds. The van der Waals surface area contributed by atoms with Gasteiger partial charge in [0.15, 0.2) is 0 Å². The van der Waals surface area contributed by atoms with E-state index in [-0.39, 0.29) is 5.82 Å². The highest BCUT2D eigenvalue weighted by Crippen LogP contribution is 2.34. The Balaban J connectivity index is 1.43. The number of piperazine rings is 1. The van der Waals surface area contributed by atoms with Crippen LogP contribution in [0.15, 0.2) is 60.1 Å². The smallest absolute Gasteiger partial charge is 0.146 e. The van der Waals surface area contributed by atoms with Gasteiger partial charge in [0.1, 0.15) is 16.9 Å². The Labute approximate surface area is 168 Å². The molecule has 0 unspecified atom stereocenters. The molecule has 1 fully saturated rings. The number of hydrogen-bond acceptors (Lipinski definition) is 5. The number of rotatable bonds is 6. The Morgan fingerprint density at radius 2 is 1.82 bits per heavy atom. The van der Waals surface area contributed by atoms with E-state index in [4.69, 9.17) is 0 Å². The van der Waals surface area contributed by atoms with Gasteiger partial charge in [-0.1, -0.05) is 42.5 Å². The van der Waals surface area contributed by atoms with Gasteiger partial charge in [0.05, 0.1) is 5.69 Å². The Hall–Kier alpha value is -2.28. The Kier molecular flexibility index (Phi) is 6.00. The molecular weight excluding hydrogens is 373 g/mol. The van der Waals surface area contributed by atoms with Crippen LogP contribution in [0.25, 0.3) is 0 Å². The minimum atomic E-state index is -0.901. The van der Waals surface area contributed by atoms with Crippen molar-refractivity contribution in [3.8, 4) is 0 Å². The number of hydrogen-bond donors (Lipinski definition) is 1. The van der Waals surface area contributed by atoms with Crippen LogP contribution in [-0.2, 0) is 6.42 Å². The number of aliphatic hydroxyl groups is 1. The zero-order valence-electron chi connectivity index (χ0n) is 15.7. The lowest BCUT2D eigenvalue weighted by Gasteiger charge is -2.37. The van der Waals surface area contributed by atoms with Crippen LogP contribution < -0.4 is 4.90 Å². The molecule has 1 aromatic heterocycles. The van der Waals surface area contributed by atoms with Gasteiger partial charge in [-0.2, -0.15) is 0 Å². The lowest BCUT2D eigenvalue weighted by atomic mass is 10.0. The predicted molar refractivity (Wildman–Crippen MR) is 111 cm³/mol. The largest absolute Gasteiger partial charge is 0.381 e. The van der Waals surface area contributed by atoms with E-state index in [1.165, 1.54) is 23.0 Å². The molecule has 3 aromatic rings. The summed E-state index contributed by atoms with van der Waals surface area (Å²) in [5.74, 6) is -0.286. The molecule has 146 valence electrons. The van der Waals surface area contributed by atoms with E-state index in [0.29, 0.717) is 16.3 Å². The standard InChI is InChI=1S/C22H24FN3OS/c23-19-8-4-7-18(21(27)22-24-10-16-28-22)20(19)26-14-12-25(13-15-26)11-9-17-5-2-1-3-6-17/h1-8,10,16,21,27H,9,11-15H2/t21-/m1/s1. The maximum Gasteiger partial charge on any atom is 0.146 e. The van der Waals surface area contributed by atoms with Crippen LogP contribution in [0.3, 0.4) is 0 Å². The third kappa shape index (κ3) is 4.24. The molecule has 4 rings (SSSR count). The second kappa shape index (κ2) is 8.82. The van der Waals surface area contributed by atoms with Crippen molar-refractivity contribution in [1.29, 1.82) is 0 Å². The van der Waals surface area contributed by atoms with Crippen molar-refractivity contribution in [1.82, 2.24) is 9.88 Å². The lowest BCUT2D eigenvalue weighted by molar-refractivity contribution is 0.218. The summed E-state index contributed by atoms with van der Waals surface area (Å²) in [6.45, 7) is 4.26. The number of aliphatic hydroxyl groups excluding tert-OH is 1. The molecule has 0 spiro atoms. The first-order valence-electron chi connectivity index (χ1n) is 9.59. The SMILES string of the molecule is O[C@@H](c1nccs1)c1cccc(F)c1N1CCN(CCc2ccccc2)CC1. The summed E-state index contributed by atoms with van der Waals surface area (Å²) < 4.78 is 14.7. The molecule has 28 heavy (non-hydrogen) atoms. The van der Waals surface area contributed by atoms with Gasteiger partial charge < -0.3 is 10.0 Å². The minimum Gasteiger partial charge on any atom is -0.381 e. The topological polar surface area (TPSA) is 39.6 Å². The summed E-state index contributed by atoms with van der Waals surface area (Å²) in [5, 5.41) is 13.1. The predicted octanol–water partition coefficient (Wildman–Crippen LogP) is 3.73.